The molecule has 0 atom stereocenters. The summed E-state index contributed by atoms with van der Waals surface area (Å²) in [7, 11) is 0. The van der Waals surface area contributed by atoms with E-state index < -0.39 is 0 Å². The number of anilines is 2. The van der Waals surface area contributed by atoms with E-state index in [1.807, 2.05) is 6.07 Å². The van der Waals surface area contributed by atoms with Crippen LogP contribution in [0.5, 0.6) is 5.75 Å². The zero-order valence-corrected chi connectivity index (χ0v) is 9.42. The average Bonchev–Trinajstić information content (AvgIpc) is 2.66. The average molecular weight is 218 g/mol. The van der Waals surface area contributed by atoms with Gasteiger partial charge in [0.1, 0.15) is 5.75 Å². The molecule has 0 aromatic heterocycles. The van der Waals surface area contributed by atoms with E-state index in [1.165, 1.54) is 25.7 Å². The minimum Gasteiger partial charge on any atom is -0.508 e. The Labute approximate surface area is 95.9 Å². The van der Waals surface area contributed by atoms with Gasteiger partial charge in [-0.25, -0.2) is 0 Å². The number of hydrogen-bond donors (Lipinski definition) is 3. The van der Waals surface area contributed by atoms with Crippen LogP contribution in [0.3, 0.4) is 0 Å². The number of aromatic hydroxyl groups is 1. The maximum atomic E-state index is 9.47. The monoisotopic (exact) mass is 218 g/mol. The Morgan fingerprint density at radius 2 is 1.69 bits per heavy atom. The molecule has 3 nitrogen and oxygen atoms in total. The van der Waals surface area contributed by atoms with Gasteiger partial charge in [0, 0.05) is 24.6 Å². The second-order valence-electron chi connectivity index (χ2n) is 5.14. The molecule has 1 heterocycles. The van der Waals surface area contributed by atoms with Gasteiger partial charge in [-0.3, -0.25) is 0 Å². The summed E-state index contributed by atoms with van der Waals surface area (Å²) in [5.41, 5.74) is 2.57. The maximum Gasteiger partial charge on any atom is 0.117 e. The lowest BCUT2D eigenvalue weighted by atomic mass is 9.86. The molecule has 2 aliphatic rings. The van der Waals surface area contributed by atoms with Crippen LogP contribution in [-0.2, 0) is 0 Å². The highest BCUT2D eigenvalue weighted by molar-refractivity contribution is 5.71. The topological polar surface area (TPSA) is 44.3 Å². The minimum atomic E-state index is 0.329. The third-order valence-electron chi connectivity index (χ3n) is 3.98. The molecule has 0 radical (unpaired) electrons. The minimum absolute atomic E-state index is 0.329. The lowest BCUT2D eigenvalue weighted by molar-refractivity contribution is 0.346. The van der Waals surface area contributed by atoms with Crippen molar-refractivity contribution in [3.05, 3.63) is 18.2 Å². The largest absolute Gasteiger partial charge is 0.508 e. The molecule has 3 N–H and O–H groups in total. The van der Waals surface area contributed by atoms with Crippen molar-refractivity contribution in [2.24, 2.45) is 5.41 Å². The second kappa shape index (κ2) is 3.58. The van der Waals surface area contributed by atoms with E-state index in [-0.39, 0.29) is 0 Å². The molecule has 86 valence electrons. The number of rotatable bonds is 0. The first kappa shape index (κ1) is 9.82. The van der Waals surface area contributed by atoms with Gasteiger partial charge in [0.05, 0.1) is 11.4 Å². The number of nitrogens with one attached hydrogen (secondary N) is 2. The quantitative estimate of drug-likeness (QED) is 0.587. The summed E-state index contributed by atoms with van der Waals surface area (Å²) in [6.07, 6.45) is 5.33. The van der Waals surface area contributed by atoms with Gasteiger partial charge in [0.15, 0.2) is 0 Å². The SMILES string of the molecule is Oc1ccc2c(c1)NCC1(CCCC1)CN2. The Morgan fingerprint density at radius 3 is 2.44 bits per heavy atom. The van der Waals surface area contributed by atoms with Gasteiger partial charge < -0.3 is 15.7 Å². The van der Waals surface area contributed by atoms with Crippen LogP contribution in [0.2, 0.25) is 0 Å². The Morgan fingerprint density at radius 1 is 1.00 bits per heavy atom. The van der Waals surface area contributed by atoms with Gasteiger partial charge in [-0.2, -0.15) is 0 Å². The summed E-state index contributed by atoms with van der Waals surface area (Å²) in [5, 5.41) is 16.5. The highest BCUT2D eigenvalue weighted by atomic mass is 16.3. The van der Waals surface area contributed by atoms with Crippen LogP contribution in [0.4, 0.5) is 11.4 Å². The Balaban J connectivity index is 1.86. The van der Waals surface area contributed by atoms with Gasteiger partial charge in [0.25, 0.3) is 0 Å². The van der Waals surface area contributed by atoms with E-state index in [4.69, 9.17) is 0 Å². The summed E-state index contributed by atoms with van der Waals surface area (Å²) >= 11 is 0. The van der Waals surface area contributed by atoms with Crippen LogP contribution < -0.4 is 10.6 Å². The fourth-order valence-corrected chi connectivity index (χ4v) is 2.94. The number of phenolic OH excluding ortho intramolecular Hbond substituents is 1. The normalized spacial score (nSPS) is 22.0. The lowest BCUT2D eigenvalue weighted by Crippen LogP contribution is -2.31. The number of fused-ring (bicyclic) bond motifs is 1. The van der Waals surface area contributed by atoms with E-state index in [9.17, 15) is 5.11 Å². The Hall–Kier alpha value is -1.38. The summed E-state index contributed by atoms with van der Waals surface area (Å²) < 4.78 is 0. The van der Waals surface area contributed by atoms with Crippen LogP contribution >= 0.6 is 0 Å². The van der Waals surface area contributed by atoms with Gasteiger partial charge in [-0.15, -0.1) is 0 Å². The fraction of sp³-hybridized carbons (Fsp3) is 0.538. The third kappa shape index (κ3) is 1.60. The Bertz CT molecular complexity index is 397. The fourth-order valence-electron chi connectivity index (χ4n) is 2.94. The van der Waals surface area contributed by atoms with E-state index in [2.05, 4.69) is 10.6 Å². The van der Waals surface area contributed by atoms with Crippen molar-refractivity contribution in [3.63, 3.8) is 0 Å². The van der Waals surface area contributed by atoms with Crippen molar-refractivity contribution in [1.82, 2.24) is 0 Å². The number of phenols is 1. The summed E-state index contributed by atoms with van der Waals surface area (Å²) in [6, 6.07) is 5.49. The van der Waals surface area contributed by atoms with Crippen molar-refractivity contribution in [2.45, 2.75) is 25.7 Å². The zero-order valence-electron chi connectivity index (χ0n) is 9.42. The molecule has 3 rings (SSSR count). The summed E-state index contributed by atoms with van der Waals surface area (Å²) in [5.74, 6) is 0.329. The molecule has 0 amide bonds. The van der Waals surface area contributed by atoms with Crippen molar-refractivity contribution in [2.75, 3.05) is 23.7 Å². The van der Waals surface area contributed by atoms with Crippen molar-refractivity contribution in [3.8, 4) is 5.75 Å². The first-order valence-electron chi connectivity index (χ1n) is 6.08. The van der Waals surface area contributed by atoms with Gasteiger partial charge in [-0.05, 0) is 25.0 Å². The molecule has 0 saturated heterocycles. The first-order valence-corrected chi connectivity index (χ1v) is 6.08. The molecule has 0 bridgehead atoms. The molecule has 0 unspecified atom stereocenters. The molecule has 1 aromatic rings. The number of benzene rings is 1. The predicted octanol–water partition coefficient (Wildman–Crippen LogP) is 2.79. The van der Waals surface area contributed by atoms with Crippen LogP contribution in [0.1, 0.15) is 25.7 Å². The zero-order chi connectivity index (χ0) is 11.0. The van der Waals surface area contributed by atoms with Crippen molar-refractivity contribution in [1.29, 1.82) is 0 Å². The summed E-state index contributed by atoms with van der Waals surface area (Å²) in [4.78, 5) is 0. The van der Waals surface area contributed by atoms with Crippen LogP contribution in [0.15, 0.2) is 18.2 Å². The first-order chi connectivity index (χ1) is 7.77. The van der Waals surface area contributed by atoms with Gasteiger partial charge >= 0.3 is 0 Å². The molecule has 1 aromatic carbocycles. The van der Waals surface area contributed by atoms with Gasteiger partial charge in [-0.1, -0.05) is 12.8 Å². The Kier molecular flexibility index (Phi) is 2.20. The lowest BCUT2D eigenvalue weighted by Gasteiger charge is -2.26. The van der Waals surface area contributed by atoms with Crippen molar-refractivity contribution < 1.29 is 5.11 Å². The molecule has 1 spiro atoms. The third-order valence-corrected chi connectivity index (χ3v) is 3.98. The number of hydrogen-bond acceptors (Lipinski definition) is 3. The van der Waals surface area contributed by atoms with E-state index >= 15 is 0 Å². The van der Waals surface area contributed by atoms with Crippen molar-refractivity contribution >= 4 is 11.4 Å². The van der Waals surface area contributed by atoms with E-state index in [0.29, 0.717) is 11.2 Å². The molecule has 16 heavy (non-hydrogen) atoms. The molecular formula is C13H18N2O. The molecule has 1 aliphatic carbocycles. The van der Waals surface area contributed by atoms with Gasteiger partial charge in [0.2, 0.25) is 0 Å². The van der Waals surface area contributed by atoms with E-state index in [1.54, 1.807) is 12.1 Å². The highest BCUT2D eigenvalue weighted by Gasteiger charge is 2.35. The van der Waals surface area contributed by atoms with Crippen LogP contribution in [-0.4, -0.2) is 18.2 Å². The molecular weight excluding hydrogens is 200 g/mol. The van der Waals surface area contributed by atoms with E-state index in [0.717, 1.165) is 24.5 Å². The summed E-state index contributed by atoms with van der Waals surface area (Å²) in [6.45, 7) is 2.08. The molecule has 3 heteroatoms. The maximum absolute atomic E-state index is 9.47. The van der Waals surface area contributed by atoms with Crippen LogP contribution in [0, 0.1) is 5.41 Å². The smallest absolute Gasteiger partial charge is 0.117 e. The standard InChI is InChI=1S/C13H18N2O/c16-10-3-4-11-12(7-10)15-9-13(8-14-11)5-1-2-6-13/h3-4,7,14-16H,1-2,5-6,8-9H2. The second-order valence-corrected chi connectivity index (χ2v) is 5.14. The molecule has 1 saturated carbocycles. The van der Waals surface area contributed by atoms with Crippen LogP contribution in [0.25, 0.3) is 0 Å². The highest BCUT2D eigenvalue weighted by Crippen LogP contribution is 2.41. The molecule has 1 aliphatic heterocycles. The predicted molar refractivity (Wildman–Crippen MR) is 66.0 cm³/mol. The molecule has 1 fully saturated rings.